The van der Waals surface area contributed by atoms with Crippen LogP contribution >= 0.6 is 0 Å². The molecule has 0 N–H and O–H groups in total. The summed E-state index contributed by atoms with van der Waals surface area (Å²) in [6.07, 6.45) is 10.2. The predicted octanol–water partition coefficient (Wildman–Crippen LogP) is 1.86. The molecule has 1 spiro atoms. The lowest BCUT2D eigenvalue weighted by molar-refractivity contribution is -0.141. The summed E-state index contributed by atoms with van der Waals surface area (Å²) in [7, 11) is 0. The summed E-state index contributed by atoms with van der Waals surface area (Å²) in [5, 5.41) is 0. The molecule has 0 unspecified atom stereocenters. The average molecular weight is 344 g/mol. The Labute approximate surface area is 149 Å². The highest BCUT2D eigenvalue weighted by Gasteiger charge is 2.41. The van der Waals surface area contributed by atoms with E-state index in [9.17, 15) is 4.79 Å². The third-order valence-corrected chi connectivity index (χ3v) is 6.10. The van der Waals surface area contributed by atoms with Crippen LogP contribution in [0.2, 0.25) is 0 Å². The van der Waals surface area contributed by atoms with Gasteiger partial charge in [-0.15, -0.1) is 0 Å². The van der Waals surface area contributed by atoms with Gasteiger partial charge in [0.05, 0.1) is 12.6 Å². The zero-order chi connectivity index (χ0) is 17.1. The lowest BCUT2D eigenvalue weighted by atomic mass is 9.72. The minimum Gasteiger partial charge on any atom is -0.376 e. The molecule has 6 heteroatoms. The lowest BCUT2D eigenvalue weighted by Gasteiger charge is -2.47. The van der Waals surface area contributed by atoms with Gasteiger partial charge in [-0.25, -0.2) is 9.97 Å². The summed E-state index contributed by atoms with van der Waals surface area (Å²) >= 11 is 0. The molecule has 6 nitrogen and oxygen atoms in total. The van der Waals surface area contributed by atoms with Crippen molar-refractivity contribution in [2.24, 2.45) is 5.41 Å². The van der Waals surface area contributed by atoms with E-state index in [0.29, 0.717) is 17.7 Å². The van der Waals surface area contributed by atoms with Crippen LogP contribution in [0.4, 0.5) is 0 Å². The fourth-order valence-electron chi connectivity index (χ4n) is 4.51. The number of piperidine rings is 2. The molecule has 4 rings (SSSR count). The van der Waals surface area contributed by atoms with Crippen LogP contribution in [0.3, 0.4) is 0 Å². The number of amides is 1. The third-order valence-electron chi connectivity index (χ3n) is 6.10. The Morgan fingerprint density at radius 1 is 1.20 bits per heavy atom. The summed E-state index contributed by atoms with van der Waals surface area (Å²) in [5.74, 6) is 1.22. The largest absolute Gasteiger partial charge is 0.376 e. The fraction of sp³-hybridized carbons (Fsp3) is 0.737. The quantitative estimate of drug-likeness (QED) is 0.834. The molecule has 136 valence electrons. The number of nitrogens with zero attached hydrogens (tertiary/aromatic N) is 4. The molecule has 3 aliphatic rings. The molecule has 0 aliphatic carbocycles. The van der Waals surface area contributed by atoms with Gasteiger partial charge in [0.15, 0.2) is 0 Å². The molecule has 25 heavy (non-hydrogen) atoms. The van der Waals surface area contributed by atoms with Crippen molar-refractivity contribution in [3.8, 4) is 0 Å². The number of ether oxygens (including phenoxy) is 1. The lowest BCUT2D eigenvalue weighted by Crippen LogP contribution is -2.52. The Morgan fingerprint density at radius 2 is 2.00 bits per heavy atom. The van der Waals surface area contributed by atoms with Crippen molar-refractivity contribution >= 4 is 5.91 Å². The van der Waals surface area contributed by atoms with Gasteiger partial charge in [0.2, 0.25) is 5.91 Å². The van der Waals surface area contributed by atoms with Crippen molar-refractivity contribution in [2.75, 3.05) is 32.8 Å². The number of rotatable bonds is 4. The Kier molecular flexibility index (Phi) is 4.99. The van der Waals surface area contributed by atoms with Gasteiger partial charge in [-0.1, -0.05) is 0 Å². The highest BCUT2D eigenvalue weighted by Crippen LogP contribution is 2.40. The van der Waals surface area contributed by atoms with Crippen LogP contribution in [0.5, 0.6) is 0 Å². The SMILES string of the molecule is O=C1CCC2(CCN(Cc3ncccn3)CC2)CN1C[C@@H]1CCCO1. The highest BCUT2D eigenvalue weighted by atomic mass is 16.5. The van der Waals surface area contributed by atoms with E-state index in [-0.39, 0.29) is 6.10 Å². The second-order valence-corrected chi connectivity index (χ2v) is 7.85. The molecule has 0 saturated carbocycles. The molecule has 0 radical (unpaired) electrons. The summed E-state index contributed by atoms with van der Waals surface area (Å²) in [5.41, 5.74) is 0.306. The molecule has 0 aromatic carbocycles. The Hall–Kier alpha value is -1.53. The normalized spacial score (nSPS) is 27.1. The van der Waals surface area contributed by atoms with Crippen molar-refractivity contribution in [1.82, 2.24) is 19.8 Å². The van der Waals surface area contributed by atoms with Crippen molar-refractivity contribution in [3.05, 3.63) is 24.3 Å². The molecule has 1 aromatic heterocycles. The van der Waals surface area contributed by atoms with Crippen LogP contribution in [0.25, 0.3) is 0 Å². The second kappa shape index (κ2) is 7.38. The molecule has 4 heterocycles. The Balaban J connectivity index is 1.32. The average Bonchev–Trinajstić information content (AvgIpc) is 3.15. The maximum atomic E-state index is 12.4. The monoisotopic (exact) mass is 344 g/mol. The fourth-order valence-corrected chi connectivity index (χ4v) is 4.51. The van der Waals surface area contributed by atoms with E-state index in [1.807, 2.05) is 18.5 Å². The second-order valence-electron chi connectivity index (χ2n) is 7.85. The van der Waals surface area contributed by atoms with Crippen molar-refractivity contribution in [3.63, 3.8) is 0 Å². The summed E-state index contributed by atoms with van der Waals surface area (Å²) < 4.78 is 5.75. The zero-order valence-corrected chi connectivity index (χ0v) is 14.9. The van der Waals surface area contributed by atoms with Crippen LogP contribution in [0.1, 0.15) is 44.3 Å². The summed E-state index contributed by atoms with van der Waals surface area (Å²) in [6, 6.07) is 1.86. The smallest absolute Gasteiger partial charge is 0.222 e. The van der Waals surface area contributed by atoms with E-state index in [1.165, 1.54) is 0 Å². The molecule has 0 bridgehead atoms. The number of carbonyl (C=O) groups excluding carboxylic acids is 1. The van der Waals surface area contributed by atoms with E-state index in [0.717, 1.165) is 77.3 Å². The molecule has 3 aliphatic heterocycles. The molecular formula is C19H28N4O2. The van der Waals surface area contributed by atoms with Gasteiger partial charge in [0.1, 0.15) is 5.82 Å². The van der Waals surface area contributed by atoms with E-state index < -0.39 is 0 Å². The first-order chi connectivity index (χ1) is 12.2. The highest BCUT2D eigenvalue weighted by molar-refractivity contribution is 5.77. The van der Waals surface area contributed by atoms with Gasteiger partial charge >= 0.3 is 0 Å². The first-order valence-electron chi connectivity index (χ1n) is 9.60. The van der Waals surface area contributed by atoms with E-state index in [1.54, 1.807) is 0 Å². The molecular weight excluding hydrogens is 316 g/mol. The number of aromatic nitrogens is 2. The first kappa shape index (κ1) is 16.9. The van der Waals surface area contributed by atoms with E-state index in [2.05, 4.69) is 19.8 Å². The number of hydrogen-bond acceptors (Lipinski definition) is 5. The maximum Gasteiger partial charge on any atom is 0.222 e. The minimum absolute atomic E-state index is 0.259. The van der Waals surface area contributed by atoms with Crippen LogP contribution in [-0.4, -0.2) is 64.6 Å². The van der Waals surface area contributed by atoms with Gasteiger partial charge in [-0.3, -0.25) is 9.69 Å². The minimum atomic E-state index is 0.259. The molecule has 1 amide bonds. The third kappa shape index (κ3) is 4.01. The van der Waals surface area contributed by atoms with Crippen molar-refractivity contribution in [2.45, 2.75) is 51.2 Å². The van der Waals surface area contributed by atoms with Crippen LogP contribution in [0.15, 0.2) is 18.5 Å². The van der Waals surface area contributed by atoms with Crippen molar-refractivity contribution in [1.29, 1.82) is 0 Å². The van der Waals surface area contributed by atoms with E-state index in [4.69, 9.17) is 4.74 Å². The first-order valence-corrected chi connectivity index (χ1v) is 9.60. The topological polar surface area (TPSA) is 58.6 Å². The summed E-state index contributed by atoms with van der Waals surface area (Å²) in [4.78, 5) is 25.6. The molecule has 3 fully saturated rings. The Bertz CT molecular complexity index is 580. The molecule has 1 aromatic rings. The molecule has 1 atom stereocenters. The number of carbonyl (C=O) groups is 1. The van der Waals surface area contributed by atoms with E-state index >= 15 is 0 Å². The van der Waals surface area contributed by atoms with Crippen molar-refractivity contribution < 1.29 is 9.53 Å². The number of likely N-dealkylation sites (tertiary alicyclic amines) is 2. The van der Waals surface area contributed by atoms with Crippen LogP contribution < -0.4 is 0 Å². The van der Waals surface area contributed by atoms with Gasteiger partial charge < -0.3 is 9.64 Å². The zero-order valence-electron chi connectivity index (χ0n) is 14.9. The standard InChI is InChI=1S/C19H28N4O2/c24-18-4-5-19(15-23(18)13-16-3-1-12-25-16)6-10-22(11-7-19)14-17-20-8-2-9-21-17/h2,8-9,16H,1,3-7,10-15H2/t16-/m0/s1. The maximum absolute atomic E-state index is 12.4. The molecule has 3 saturated heterocycles. The van der Waals surface area contributed by atoms with Gasteiger partial charge in [-0.05, 0) is 56.7 Å². The Morgan fingerprint density at radius 3 is 2.72 bits per heavy atom. The van der Waals surface area contributed by atoms with Gasteiger partial charge in [-0.2, -0.15) is 0 Å². The number of hydrogen-bond donors (Lipinski definition) is 0. The van der Waals surface area contributed by atoms with Gasteiger partial charge in [0, 0.05) is 38.5 Å². The van der Waals surface area contributed by atoms with Crippen LogP contribution in [0, 0.1) is 5.41 Å². The summed E-state index contributed by atoms with van der Waals surface area (Å²) in [6.45, 7) is 5.54. The van der Waals surface area contributed by atoms with Crippen LogP contribution in [-0.2, 0) is 16.1 Å². The van der Waals surface area contributed by atoms with Gasteiger partial charge in [0.25, 0.3) is 0 Å². The predicted molar refractivity (Wildman–Crippen MR) is 93.8 cm³/mol.